The van der Waals surface area contributed by atoms with E-state index in [9.17, 15) is 24.0 Å². The van der Waals surface area contributed by atoms with Crippen LogP contribution < -0.4 is 15.8 Å². The lowest BCUT2D eigenvalue weighted by molar-refractivity contribution is -0.138. The van der Waals surface area contributed by atoms with E-state index < -0.39 is 42.2 Å². The number of nitrogens with two attached hydrogens (primary N) is 1. The fourth-order valence-corrected chi connectivity index (χ4v) is 4.36. The van der Waals surface area contributed by atoms with Crippen LogP contribution in [0, 0.1) is 0 Å². The lowest BCUT2D eigenvalue weighted by Gasteiger charge is -2.36. The maximum absolute atomic E-state index is 13.8. The van der Waals surface area contributed by atoms with E-state index in [1.807, 2.05) is 0 Å². The molecule has 1 aromatic heterocycles. The molecule has 4 amide bonds. The van der Waals surface area contributed by atoms with Gasteiger partial charge in [0.1, 0.15) is 17.9 Å². The zero-order valence-corrected chi connectivity index (χ0v) is 21.3. The van der Waals surface area contributed by atoms with Gasteiger partial charge in [-0.3, -0.25) is 24.2 Å². The average molecular weight is 530 g/mol. The Morgan fingerprint density at radius 2 is 1.76 bits per heavy atom. The molecule has 0 aliphatic carbocycles. The number of pyridine rings is 1. The Balaban J connectivity index is 1.98. The predicted octanol–water partition coefficient (Wildman–Crippen LogP) is 0.708. The summed E-state index contributed by atoms with van der Waals surface area (Å²) in [5.74, 6) is -3.95. The van der Waals surface area contributed by atoms with Gasteiger partial charge in [0.2, 0.25) is 11.8 Å². The number of ether oxygens (including phenoxy) is 2. The normalized spacial score (nSPS) is 14.1. The first-order valence-electron chi connectivity index (χ1n) is 12.1. The molecule has 204 valence electrons. The number of carboxylic acids is 1. The number of carboxylic acid groups (broad SMARTS) is 1. The van der Waals surface area contributed by atoms with Crippen molar-refractivity contribution in [3.05, 3.63) is 35.5 Å². The summed E-state index contributed by atoms with van der Waals surface area (Å²) in [4.78, 5) is 69.3. The molecular formula is C25H31N5O8. The second-order valence-electron chi connectivity index (χ2n) is 8.56. The standard InChI is InChI=1S/C25H31N5O8/c1-3-38-25(36)30-12-10-29(11-13-30)24(35)16(8-9-18(31)27-14-19(32)33)21-20(23(26)34)22(37-2)15-6-4-5-7-17(15)28-21/h4-7,16H,3,8-14H2,1-2H3,(H2,26,34)(H,27,31)(H,32,33). The third-order valence-electron chi connectivity index (χ3n) is 6.17. The smallest absolute Gasteiger partial charge is 0.409 e. The molecule has 1 aliphatic heterocycles. The third-order valence-corrected chi connectivity index (χ3v) is 6.17. The minimum absolute atomic E-state index is 0.0666. The van der Waals surface area contributed by atoms with Gasteiger partial charge in [0.25, 0.3) is 5.91 Å². The SMILES string of the molecule is CCOC(=O)N1CCN(C(=O)C(CCC(=O)NCC(=O)O)c2nc3ccccc3c(OC)c2C(N)=O)CC1. The molecule has 0 radical (unpaired) electrons. The number of para-hydroxylation sites is 1. The average Bonchev–Trinajstić information content (AvgIpc) is 2.91. The van der Waals surface area contributed by atoms with Crippen LogP contribution in [0.3, 0.4) is 0 Å². The van der Waals surface area contributed by atoms with Crippen LogP contribution in [0.4, 0.5) is 4.79 Å². The summed E-state index contributed by atoms with van der Waals surface area (Å²) < 4.78 is 10.6. The maximum atomic E-state index is 13.8. The van der Waals surface area contributed by atoms with E-state index in [0.29, 0.717) is 10.9 Å². The van der Waals surface area contributed by atoms with Crippen LogP contribution in [-0.4, -0.2) is 96.1 Å². The van der Waals surface area contributed by atoms with Crippen LogP contribution in [-0.2, 0) is 19.1 Å². The molecule has 38 heavy (non-hydrogen) atoms. The van der Waals surface area contributed by atoms with Crippen LogP contribution in [0.5, 0.6) is 5.75 Å². The molecule has 13 heteroatoms. The monoisotopic (exact) mass is 529 g/mol. The molecule has 0 bridgehead atoms. The van der Waals surface area contributed by atoms with Gasteiger partial charge in [0, 0.05) is 38.0 Å². The fourth-order valence-electron chi connectivity index (χ4n) is 4.36. The molecular weight excluding hydrogens is 498 g/mol. The number of hydrogen-bond acceptors (Lipinski definition) is 8. The number of carbonyl (C=O) groups is 5. The van der Waals surface area contributed by atoms with E-state index in [1.165, 1.54) is 16.9 Å². The van der Waals surface area contributed by atoms with Crippen molar-refractivity contribution in [3.63, 3.8) is 0 Å². The molecule has 4 N–H and O–H groups in total. The number of carbonyl (C=O) groups excluding carboxylic acids is 4. The Labute approximate surface area is 218 Å². The Morgan fingerprint density at radius 1 is 1.11 bits per heavy atom. The van der Waals surface area contributed by atoms with Crippen molar-refractivity contribution in [1.29, 1.82) is 0 Å². The lowest BCUT2D eigenvalue weighted by atomic mass is 9.91. The molecule has 1 saturated heterocycles. The molecule has 1 aliphatic rings. The topological polar surface area (TPSA) is 181 Å². The number of piperazine rings is 1. The molecule has 1 atom stereocenters. The second-order valence-corrected chi connectivity index (χ2v) is 8.56. The summed E-state index contributed by atoms with van der Waals surface area (Å²) in [6, 6.07) is 6.90. The number of nitrogens with zero attached hydrogens (tertiary/aromatic N) is 3. The molecule has 2 aromatic rings. The van der Waals surface area contributed by atoms with Crippen LogP contribution in [0.2, 0.25) is 0 Å². The first-order valence-corrected chi connectivity index (χ1v) is 12.1. The van der Waals surface area contributed by atoms with Gasteiger partial charge in [-0.1, -0.05) is 12.1 Å². The van der Waals surface area contributed by atoms with Crippen LogP contribution in [0.15, 0.2) is 24.3 Å². The number of hydrogen-bond donors (Lipinski definition) is 3. The highest BCUT2D eigenvalue weighted by molar-refractivity contribution is 6.04. The summed E-state index contributed by atoms with van der Waals surface area (Å²) in [7, 11) is 1.38. The van der Waals surface area contributed by atoms with Crippen LogP contribution in [0.1, 0.15) is 41.7 Å². The quantitative estimate of drug-likeness (QED) is 0.399. The highest BCUT2D eigenvalue weighted by Crippen LogP contribution is 2.36. The summed E-state index contributed by atoms with van der Waals surface area (Å²) in [6.45, 7) is 2.26. The van der Waals surface area contributed by atoms with Crippen molar-refractivity contribution in [3.8, 4) is 5.75 Å². The molecule has 1 fully saturated rings. The Kier molecular flexibility index (Phi) is 9.41. The maximum Gasteiger partial charge on any atom is 0.409 e. The Morgan fingerprint density at radius 3 is 2.37 bits per heavy atom. The highest BCUT2D eigenvalue weighted by atomic mass is 16.6. The summed E-state index contributed by atoms with van der Waals surface area (Å²) >= 11 is 0. The Bertz CT molecular complexity index is 1230. The minimum Gasteiger partial charge on any atom is -0.495 e. The summed E-state index contributed by atoms with van der Waals surface area (Å²) in [6.07, 6.45) is -0.748. The number of fused-ring (bicyclic) bond motifs is 1. The van der Waals surface area contributed by atoms with Gasteiger partial charge in [0.15, 0.2) is 0 Å². The Hall–Kier alpha value is -4.42. The molecule has 13 nitrogen and oxygen atoms in total. The number of primary amides is 1. The van der Waals surface area contributed by atoms with E-state index in [4.69, 9.17) is 20.3 Å². The zero-order valence-electron chi connectivity index (χ0n) is 21.3. The first-order chi connectivity index (χ1) is 18.2. The molecule has 0 spiro atoms. The van der Waals surface area contributed by atoms with Crippen molar-refractivity contribution >= 4 is 40.7 Å². The van der Waals surface area contributed by atoms with Gasteiger partial charge < -0.3 is 35.4 Å². The van der Waals surface area contributed by atoms with Crippen molar-refractivity contribution < 1.29 is 38.6 Å². The van der Waals surface area contributed by atoms with Gasteiger partial charge in [-0.2, -0.15) is 0 Å². The van der Waals surface area contributed by atoms with Crippen LogP contribution in [0.25, 0.3) is 10.9 Å². The van der Waals surface area contributed by atoms with E-state index in [1.54, 1.807) is 31.2 Å². The third kappa shape index (κ3) is 6.47. The number of aliphatic carboxylic acids is 1. The number of aromatic nitrogens is 1. The van der Waals surface area contributed by atoms with Gasteiger partial charge in [0.05, 0.1) is 30.8 Å². The summed E-state index contributed by atoms with van der Waals surface area (Å²) in [5, 5.41) is 11.6. The van der Waals surface area contributed by atoms with Gasteiger partial charge in [-0.25, -0.2) is 4.79 Å². The van der Waals surface area contributed by atoms with Crippen molar-refractivity contribution in [2.45, 2.75) is 25.7 Å². The molecule has 1 unspecified atom stereocenters. The van der Waals surface area contributed by atoms with E-state index in [-0.39, 0.29) is 62.6 Å². The second kappa shape index (κ2) is 12.7. The lowest BCUT2D eigenvalue weighted by Crippen LogP contribution is -2.52. The van der Waals surface area contributed by atoms with Crippen LogP contribution >= 0.6 is 0 Å². The minimum atomic E-state index is -1.21. The van der Waals surface area contributed by atoms with E-state index >= 15 is 0 Å². The molecule has 0 saturated carbocycles. The molecule has 3 rings (SSSR count). The van der Waals surface area contributed by atoms with E-state index in [2.05, 4.69) is 10.3 Å². The summed E-state index contributed by atoms with van der Waals surface area (Å²) in [5.41, 5.74) is 6.19. The number of amides is 4. The van der Waals surface area contributed by atoms with Crippen molar-refractivity contribution in [2.75, 3.05) is 46.4 Å². The van der Waals surface area contributed by atoms with Gasteiger partial charge >= 0.3 is 12.1 Å². The number of methoxy groups -OCH3 is 1. The van der Waals surface area contributed by atoms with E-state index in [0.717, 1.165) is 0 Å². The van der Waals surface area contributed by atoms with Crippen molar-refractivity contribution in [1.82, 2.24) is 20.1 Å². The number of rotatable bonds is 10. The number of benzene rings is 1. The van der Waals surface area contributed by atoms with Gasteiger partial charge in [-0.05, 0) is 25.5 Å². The zero-order chi connectivity index (χ0) is 27.8. The molecule has 2 heterocycles. The largest absolute Gasteiger partial charge is 0.495 e. The van der Waals surface area contributed by atoms with Crippen molar-refractivity contribution in [2.24, 2.45) is 5.73 Å². The number of nitrogens with one attached hydrogen (secondary N) is 1. The predicted molar refractivity (Wildman–Crippen MR) is 135 cm³/mol. The first kappa shape index (κ1) is 28.2. The fraction of sp³-hybridized carbons (Fsp3) is 0.440. The molecule has 1 aromatic carbocycles. The van der Waals surface area contributed by atoms with Gasteiger partial charge in [-0.15, -0.1) is 0 Å². The highest BCUT2D eigenvalue weighted by Gasteiger charge is 2.35.